The molecule has 0 aliphatic carbocycles. The first-order valence-corrected chi connectivity index (χ1v) is 12.7. The molecule has 0 saturated carbocycles. The van der Waals surface area contributed by atoms with Crippen LogP contribution in [0.2, 0.25) is 0 Å². The minimum atomic E-state index is -0.894. The fourth-order valence-corrected chi connectivity index (χ4v) is 4.65. The van der Waals surface area contributed by atoms with Crippen LogP contribution < -0.4 is 16.0 Å². The number of para-hydroxylation sites is 1. The van der Waals surface area contributed by atoms with Gasteiger partial charge < -0.3 is 30.2 Å². The molecule has 1 aromatic carbocycles. The second kappa shape index (κ2) is 9.55. The standard InChI is InChI=1S/C27H36N8O/c1-18(2)35-17-30-23-24(31-26(32-25(23)35)33-13-10-21(28)11-14-33)29-15-19-7-5-6-8-22(19)34-12-9-20(16-34)27(3,4)36/h5-9,12,16-18,21,36H,10-11,13-15,28H2,1-4H3,(H,29,31,32). The average Bonchev–Trinajstić information content (AvgIpc) is 3.51. The highest BCUT2D eigenvalue weighted by molar-refractivity contribution is 5.84. The number of nitrogens with two attached hydrogens (primary N) is 1. The van der Waals surface area contributed by atoms with Crippen LogP contribution in [0, 0.1) is 0 Å². The number of hydrogen-bond donors (Lipinski definition) is 3. The number of benzene rings is 1. The van der Waals surface area contributed by atoms with Crippen molar-refractivity contribution in [2.24, 2.45) is 5.73 Å². The van der Waals surface area contributed by atoms with Gasteiger partial charge in [0, 0.05) is 55.4 Å². The quantitative estimate of drug-likeness (QED) is 0.361. The van der Waals surface area contributed by atoms with E-state index >= 15 is 0 Å². The highest BCUT2D eigenvalue weighted by atomic mass is 16.3. The molecular weight excluding hydrogens is 452 g/mol. The fraction of sp³-hybridized carbons (Fsp3) is 0.444. The van der Waals surface area contributed by atoms with E-state index in [1.807, 2.05) is 36.9 Å². The topological polar surface area (TPSA) is 110 Å². The average molecular weight is 489 g/mol. The van der Waals surface area contributed by atoms with E-state index in [4.69, 9.17) is 15.7 Å². The van der Waals surface area contributed by atoms with E-state index in [1.165, 1.54) is 0 Å². The van der Waals surface area contributed by atoms with Gasteiger partial charge in [0.1, 0.15) is 0 Å². The first kappa shape index (κ1) is 24.3. The summed E-state index contributed by atoms with van der Waals surface area (Å²) >= 11 is 0. The maximum absolute atomic E-state index is 10.4. The number of piperidine rings is 1. The number of anilines is 2. The van der Waals surface area contributed by atoms with Gasteiger partial charge in [-0.1, -0.05) is 18.2 Å². The van der Waals surface area contributed by atoms with Crippen molar-refractivity contribution in [2.45, 2.75) is 64.8 Å². The van der Waals surface area contributed by atoms with Gasteiger partial charge in [-0.25, -0.2) is 4.98 Å². The number of aromatic nitrogens is 5. The van der Waals surface area contributed by atoms with Crippen molar-refractivity contribution in [3.8, 4) is 5.69 Å². The van der Waals surface area contributed by atoms with Gasteiger partial charge in [0.2, 0.25) is 5.95 Å². The van der Waals surface area contributed by atoms with Crippen molar-refractivity contribution >= 4 is 22.9 Å². The van der Waals surface area contributed by atoms with Crippen LogP contribution in [0.5, 0.6) is 0 Å². The third kappa shape index (κ3) is 4.81. The van der Waals surface area contributed by atoms with Crippen LogP contribution in [0.1, 0.15) is 57.7 Å². The molecule has 1 fully saturated rings. The summed E-state index contributed by atoms with van der Waals surface area (Å²) in [7, 11) is 0. The molecule has 0 radical (unpaired) electrons. The third-order valence-corrected chi connectivity index (χ3v) is 6.90. The lowest BCUT2D eigenvalue weighted by Gasteiger charge is -2.30. The molecule has 0 amide bonds. The summed E-state index contributed by atoms with van der Waals surface area (Å²) in [5.41, 5.74) is 9.86. The zero-order chi connectivity index (χ0) is 25.4. The molecule has 4 N–H and O–H groups in total. The molecule has 36 heavy (non-hydrogen) atoms. The molecule has 1 aliphatic rings. The smallest absolute Gasteiger partial charge is 0.229 e. The second-order valence-corrected chi connectivity index (χ2v) is 10.5. The number of imidazole rings is 1. The van der Waals surface area contributed by atoms with Crippen LogP contribution in [0.25, 0.3) is 16.9 Å². The van der Waals surface area contributed by atoms with E-state index in [1.54, 1.807) is 13.8 Å². The Hall–Kier alpha value is -3.43. The van der Waals surface area contributed by atoms with E-state index in [9.17, 15) is 5.11 Å². The van der Waals surface area contributed by atoms with Gasteiger partial charge in [-0.2, -0.15) is 9.97 Å². The van der Waals surface area contributed by atoms with E-state index in [0.717, 1.165) is 59.7 Å². The van der Waals surface area contributed by atoms with Gasteiger partial charge in [-0.15, -0.1) is 0 Å². The predicted octanol–water partition coefficient (Wildman–Crippen LogP) is 3.96. The molecule has 9 heteroatoms. The van der Waals surface area contributed by atoms with Crippen molar-refractivity contribution in [3.05, 3.63) is 60.2 Å². The van der Waals surface area contributed by atoms with Crippen LogP contribution in [0.4, 0.5) is 11.8 Å². The fourth-order valence-electron chi connectivity index (χ4n) is 4.65. The molecule has 5 rings (SSSR count). The monoisotopic (exact) mass is 488 g/mol. The van der Waals surface area contributed by atoms with Crippen LogP contribution in [0.15, 0.2) is 49.1 Å². The molecular formula is C27H36N8O. The molecule has 190 valence electrons. The summed E-state index contributed by atoms with van der Waals surface area (Å²) in [5, 5.41) is 14.0. The molecule has 1 saturated heterocycles. The Balaban J connectivity index is 1.47. The first-order valence-electron chi connectivity index (χ1n) is 12.7. The molecule has 1 aliphatic heterocycles. The highest BCUT2D eigenvalue weighted by Crippen LogP contribution is 2.28. The summed E-state index contributed by atoms with van der Waals surface area (Å²) in [6.07, 6.45) is 7.68. The second-order valence-electron chi connectivity index (χ2n) is 10.5. The Labute approximate surface area is 212 Å². The normalized spacial score (nSPS) is 15.2. The largest absolute Gasteiger partial charge is 0.386 e. The molecule has 0 bridgehead atoms. The predicted molar refractivity (Wildman–Crippen MR) is 143 cm³/mol. The molecule has 0 unspecified atom stereocenters. The van der Waals surface area contributed by atoms with E-state index in [0.29, 0.717) is 12.5 Å². The lowest BCUT2D eigenvalue weighted by atomic mass is 10.0. The van der Waals surface area contributed by atoms with E-state index in [-0.39, 0.29) is 12.1 Å². The Bertz CT molecular complexity index is 1340. The minimum absolute atomic E-state index is 0.236. The number of nitrogens with zero attached hydrogens (tertiary/aromatic N) is 6. The number of rotatable bonds is 7. The number of fused-ring (bicyclic) bond motifs is 1. The summed E-state index contributed by atoms with van der Waals surface area (Å²) < 4.78 is 4.14. The van der Waals surface area contributed by atoms with Gasteiger partial charge in [0.25, 0.3) is 0 Å². The Morgan fingerprint density at radius 2 is 1.89 bits per heavy atom. The molecule has 4 heterocycles. The lowest BCUT2D eigenvalue weighted by molar-refractivity contribution is 0.0786. The van der Waals surface area contributed by atoms with Crippen LogP contribution in [-0.4, -0.2) is 48.3 Å². The van der Waals surface area contributed by atoms with Crippen LogP contribution >= 0.6 is 0 Å². The Kier molecular flexibility index (Phi) is 6.44. The van der Waals surface area contributed by atoms with E-state index in [2.05, 4.69) is 50.3 Å². The number of nitrogens with one attached hydrogen (secondary N) is 1. The lowest BCUT2D eigenvalue weighted by Crippen LogP contribution is -2.40. The maximum atomic E-state index is 10.4. The van der Waals surface area contributed by atoms with E-state index < -0.39 is 5.60 Å². The van der Waals surface area contributed by atoms with Gasteiger partial charge in [-0.05, 0) is 58.2 Å². The van der Waals surface area contributed by atoms with Crippen LogP contribution in [-0.2, 0) is 12.1 Å². The number of aliphatic hydroxyl groups is 1. The van der Waals surface area contributed by atoms with Crippen molar-refractivity contribution in [3.63, 3.8) is 0 Å². The van der Waals surface area contributed by atoms with Gasteiger partial charge in [-0.3, -0.25) is 0 Å². The molecule has 3 aromatic heterocycles. The number of hydrogen-bond acceptors (Lipinski definition) is 7. The Morgan fingerprint density at radius 3 is 2.58 bits per heavy atom. The minimum Gasteiger partial charge on any atom is -0.386 e. The maximum Gasteiger partial charge on any atom is 0.229 e. The zero-order valence-electron chi connectivity index (χ0n) is 21.5. The highest BCUT2D eigenvalue weighted by Gasteiger charge is 2.22. The third-order valence-electron chi connectivity index (χ3n) is 6.90. The summed E-state index contributed by atoms with van der Waals surface area (Å²) in [5.74, 6) is 1.44. The van der Waals surface area contributed by atoms with Crippen molar-refractivity contribution < 1.29 is 5.11 Å². The van der Waals surface area contributed by atoms with Crippen LogP contribution in [0.3, 0.4) is 0 Å². The molecule has 0 spiro atoms. The Morgan fingerprint density at radius 1 is 1.14 bits per heavy atom. The molecule has 4 aromatic rings. The zero-order valence-corrected chi connectivity index (χ0v) is 21.5. The van der Waals surface area contributed by atoms with Gasteiger partial charge in [0.05, 0.1) is 11.9 Å². The van der Waals surface area contributed by atoms with Gasteiger partial charge >= 0.3 is 0 Å². The van der Waals surface area contributed by atoms with Gasteiger partial charge in [0.15, 0.2) is 17.0 Å². The summed E-state index contributed by atoms with van der Waals surface area (Å²) in [6, 6.07) is 10.7. The summed E-state index contributed by atoms with van der Waals surface area (Å²) in [4.78, 5) is 16.7. The summed E-state index contributed by atoms with van der Waals surface area (Å²) in [6.45, 7) is 10.1. The van der Waals surface area contributed by atoms with Crippen molar-refractivity contribution in [1.29, 1.82) is 0 Å². The van der Waals surface area contributed by atoms with Crippen molar-refractivity contribution in [1.82, 2.24) is 24.1 Å². The first-order chi connectivity index (χ1) is 17.2. The molecule has 0 atom stereocenters. The molecule has 9 nitrogen and oxygen atoms in total. The van der Waals surface area contributed by atoms with Crippen molar-refractivity contribution in [2.75, 3.05) is 23.3 Å². The SMILES string of the molecule is CC(C)n1cnc2c(NCc3ccccc3-n3ccc(C(C)(C)O)c3)nc(N3CCC(N)CC3)nc21.